The summed E-state index contributed by atoms with van der Waals surface area (Å²) in [4.78, 5) is 32.9. The summed E-state index contributed by atoms with van der Waals surface area (Å²) in [5.41, 5.74) is 5.50. The quantitative estimate of drug-likeness (QED) is 0.327. The molecule has 2 aliphatic rings. The Labute approximate surface area is 231 Å². The number of piperidine rings is 1. The van der Waals surface area contributed by atoms with E-state index < -0.39 is 36.1 Å². The molecule has 218 valence electrons. The smallest absolute Gasteiger partial charge is 0.429 e. The maximum absolute atomic E-state index is 14.5. The Morgan fingerprint density at radius 2 is 1.90 bits per heavy atom. The number of anilines is 2. The number of aromatic nitrogens is 4. The van der Waals surface area contributed by atoms with E-state index in [4.69, 9.17) is 10.5 Å². The van der Waals surface area contributed by atoms with Gasteiger partial charge in [-0.25, -0.2) is 9.48 Å². The third kappa shape index (κ3) is 5.89. The molecular weight excluding hydrogens is 547 g/mol. The summed E-state index contributed by atoms with van der Waals surface area (Å²) >= 11 is 0. The lowest BCUT2D eigenvalue weighted by molar-refractivity contribution is -0.198. The number of aromatic carboxylic acids is 1. The van der Waals surface area contributed by atoms with Crippen molar-refractivity contribution in [2.24, 2.45) is 5.41 Å². The maximum atomic E-state index is 14.5. The molecule has 2 aliphatic heterocycles. The maximum Gasteiger partial charge on any atom is 0.429 e. The van der Waals surface area contributed by atoms with Crippen LogP contribution in [0.15, 0.2) is 36.5 Å². The van der Waals surface area contributed by atoms with Crippen molar-refractivity contribution >= 4 is 23.7 Å². The summed E-state index contributed by atoms with van der Waals surface area (Å²) in [5.74, 6) is -2.61. The van der Waals surface area contributed by atoms with Gasteiger partial charge in [0.25, 0.3) is 0 Å². The molecule has 15 heteroatoms. The van der Waals surface area contributed by atoms with Crippen LogP contribution < -0.4 is 20.7 Å². The molecule has 0 bridgehead atoms. The first-order chi connectivity index (χ1) is 19.3. The van der Waals surface area contributed by atoms with Crippen molar-refractivity contribution in [2.75, 3.05) is 30.3 Å². The van der Waals surface area contributed by atoms with Gasteiger partial charge in [0, 0.05) is 37.5 Å². The van der Waals surface area contributed by atoms with Crippen molar-refractivity contribution < 1.29 is 37.7 Å². The zero-order valence-electron chi connectivity index (χ0n) is 21.9. The number of rotatable bonds is 7. The fraction of sp³-hybridized carbons (Fsp3) is 0.423. The highest BCUT2D eigenvalue weighted by molar-refractivity contribution is 5.88. The van der Waals surface area contributed by atoms with Gasteiger partial charge in [-0.2, -0.15) is 28.2 Å². The number of nitrogens with two attached hydrogens (primary N) is 1. The van der Waals surface area contributed by atoms with Gasteiger partial charge in [-0.05, 0) is 49.8 Å². The fourth-order valence-electron chi connectivity index (χ4n) is 5.41. The van der Waals surface area contributed by atoms with Crippen molar-refractivity contribution in [3.05, 3.63) is 53.3 Å². The van der Waals surface area contributed by atoms with Crippen LogP contribution in [-0.2, 0) is 4.79 Å². The summed E-state index contributed by atoms with van der Waals surface area (Å²) in [6, 6.07) is 5.46. The molecule has 2 saturated heterocycles. The minimum atomic E-state index is -4.92. The van der Waals surface area contributed by atoms with E-state index in [1.807, 2.05) is 4.90 Å². The molecule has 41 heavy (non-hydrogen) atoms. The van der Waals surface area contributed by atoms with E-state index in [0.717, 1.165) is 22.9 Å². The summed E-state index contributed by atoms with van der Waals surface area (Å²) in [6.45, 7) is 3.21. The van der Waals surface area contributed by atoms with Gasteiger partial charge >= 0.3 is 18.1 Å². The zero-order chi connectivity index (χ0) is 29.5. The van der Waals surface area contributed by atoms with E-state index in [9.17, 15) is 33.0 Å². The lowest BCUT2D eigenvalue weighted by atomic mass is 9.76. The highest BCUT2D eigenvalue weighted by Gasteiger charge is 2.46. The second-order valence-corrected chi connectivity index (χ2v) is 10.4. The van der Waals surface area contributed by atoms with Gasteiger partial charge in [0.05, 0.1) is 16.9 Å². The summed E-state index contributed by atoms with van der Waals surface area (Å²) in [7, 11) is 0. The standard InChI is InChI=1S/C26H28F3N7O5/c1-14-4-7-36(34-14)18-10-15(22(37)38)2-3-16(18)21(26(27,28)29)41-20-11-19(32-24(30)33-20)35-8-5-25(6-9-35)12-17(23(39)40)31-13-25/h2-4,7,10-11,17,21,31H,5-6,8-9,12-13H2,1H3,(H,37,38)(H,39,40)(H2,30,32,33)/t17-,21?/m0/s1. The molecule has 2 aromatic heterocycles. The first-order valence-electron chi connectivity index (χ1n) is 12.8. The van der Waals surface area contributed by atoms with Gasteiger partial charge in [0.1, 0.15) is 11.9 Å². The number of halogens is 3. The first kappa shape index (κ1) is 28.1. The Morgan fingerprint density at radius 3 is 2.49 bits per heavy atom. The normalized spacial score (nSPS) is 19.3. The SMILES string of the molecule is Cc1ccn(-c2cc(C(=O)O)ccc2C(Oc2cc(N3CCC4(CC3)CN[C@H](C(=O)O)C4)nc(N)n2)C(F)(F)F)n1. The second-order valence-electron chi connectivity index (χ2n) is 10.4. The number of ether oxygens (including phenoxy) is 1. The molecule has 12 nitrogen and oxygen atoms in total. The summed E-state index contributed by atoms with van der Waals surface area (Å²) < 4.78 is 50.0. The van der Waals surface area contributed by atoms with E-state index >= 15 is 0 Å². The Hall–Kier alpha value is -4.40. The predicted octanol–water partition coefficient (Wildman–Crippen LogP) is 2.97. The van der Waals surface area contributed by atoms with Crippen molar-refractivity contribution in [1.82, 2.24) is 25.1 Å². The number of nitrogens with one attached hydrogen (secondary N) is 1. The highest BCUT2D eigenvalue weighted by Crippen LogP contribution is 2.42. The molecule has 0 radical (unpaired) electrons. The molecule has 0 aliphatic carbocycles. The lowest BCUT2D eigenvalue weighted by Crippen LogP contribution is -2.41. The number of aliphatic carboxylic acids is 1. The number of alkyl halides is 3. The van der Waals surface area contributed by atoms with Crippen molar-refractivity contribution in [3.63, 3.8) is 0 Å². The lowest BCUT2D eigenvalue weighted by Gasteiger charge is -2.39. The molecule has 5 rings (SSSR count). The van der Waals surface area contributed by atoms with Gasteiger partial charge in [-0.15, -0.1) is 0 Å². The average molecular weight is 576 g/mol. The molecule has 0 amide bonds. The van der Waals surface area contributed by atoms with Gasteiger partial charge in [0.2, 0.25) is 17.9 Å². The number of carbonyl (C=O) groups is 2. The first-order valence-corrected chi connectivity index (χ1v) is 12.8. The van der Waals surface area contributed by atoms with Gasteiger partial charge in [-0.3, -0.25) is 4.79 Å². The van der Waals surface area contributed by atoms with E-state index in [2.05, 4.69) is 20.4 Å². The molecule has 0 saturated carbocycles. The molecule has 2 atom stereocenters. The number of aryl methyl sites for hydroxylation is 1. The van der Waals surface area contributed by atoms with Crippen LogP contribution >= 0.6 is 0 Å². The van der Waals surface area contributed by atoms with Crippen LogP contribution in [0.25, 0.3) is 5.69 Å². The van der Waals surface area contributed by atoms with Crippen LogP contribution in [0.3, 0.4) is 0 Å². The number of carboxylic acids is 2. The van der Waals surface area contributed by atoms with E-state index in [-0.39, 0.29) is 34.0 Å². The third-order valence-corrected chi connectivity index (χ3v) is 7.58. The Balaban J connectivity index is 1.43. The van der Waals surface area contributed by atoms with Crippen molar-refractivity contribution in [2.45, 2.75) is 44.5 Å². The van der Waals surface area contributed by atoms with Crippen molar-refractivity contribution in [3.8, 4) is 11.6 Å². The number of benzene rings is 1. The molecule has 3 aromatic rings. The predicted molar refractivity (Wildman–Crippen MR) is 139 cm³/mol. The van der Waals surface area contributed by atoms with Crippen LogP contribution in [-0.4, -0.2) is 73.8 Å². The molecule has 1 unspecified atom stereocenters. The van der Waals surface area contributed by atoms with Crippen LogP contribution in [0.4, 0.5) is 24.9 Å². The van der Waals surface area contributed by atoms with Crippen LogP contribution in [0.1, 0.15) is 47.0 Å². The summed E-state index contributed by atoms with van der Waals surface area (Å²) in [5, 5.41) is 25.9. The molecule has 2 fully saturated rings. The zero-order valence-corrected chi connectivity index (χ0v) is 21.9. The number of hydrogen-bond acceptors (Lipinski definition) is 9. The number of nitrogens with zero attached hydrogens (tertiary/aromatic N) is 5. The Bertz CT molecular complexity index is 1470. The molecule has 1 spiro atoms. The van der Waals surface area contributed by atoms with Crippen LogP contribution in [0.2, 0.25) is 0 Å². The third-order valence-electron chi connectivity index (χ3n) is 7.58. The number of nitrogen functional groups attached to an aromatic ring is 1. The molecular formula is C26H28F3N7O5. The topological polar surface area (TPSA) is 169 Å². The molecule has 5 N–H and O–H groups in total. The van der Waals surface area contributed by atoms with Gasteiger partial charge in [-0.1, -0.05) is 6.07 Å². The van der Waals surface area contributed by atoms with Crippen LogP contribution in [0.5, 0.6) is 5.88 Å². The van der Waals surface area contributed by atoms with Gasteiger partial charge < -0.3 is 30.9 Å². The van der Waals surface area contributed by atoms with E-state index in [1.165, 1.54) is 12.3 Å². The largest absolute Gasteiger partial charge is 0.480 e. The van der Waals surface area contributed by atoms with E-state index in [0.29, 0.717) is 44.6 Å². The number of carboxylic acid groups (broad SMARTS) is 2. The number of hydrogen-bond donors (Lipinski definition) is 4. The minimum Gasteiger partial charge on any atom is -0.480 e. The molecule has 1 aromatic carbocycles. The monoisotopic (exact) mass is 575 g/mol. The van der Waals surface area contributed by atoms with E-state index in [1.54, 1.807) is 13.0 Å². The van der Waals surface area contributed by atoms with Gasteiger partial charge in [0.15, 0.2) is 0 Å². The summed E-state index contributed by atoms with van der Waals surface area (Å²) in [6.07, 6.45) is -4.20. The molecule has 4 heterocycles. The Kier molecular flexibility index (Phi) is 7.23. The van der Waals surface area contributed by atoms with Crippen molar-refractivity contribution in [1.29, 1.82) is 0 Å². The minimum absolute atomic E-state index is 0.117. The van der Waals surface area contributed by atoms with Crippen LogP contribution in [0, 0.1) is 12.3 Å². The fourth-order valence-corrected chi connectivity index (χ4v) is 5.41. The highest BCUT2D eigenvalue weighted by atomic mass is 19.4. The second kappa shape index (κ2) is 10.5. The average Bonchev–Trinajstić information content (AvgIpc) is 3.53. The Morgan fingerprint density at radius 1 is 1.17 bits per heavy atom.